The van der Waals surface area contributed by atoms with Crippen molar-refractivity contribution >= 4 is 57.8 Å². The number of aryl methyl sites for hydroxylation is 1. The third-order valence-electron chi connectivity index (χ3n) is 4.55. The van der Waals surface area contributed by atoms with Gasteiger partial charge in [0.2, 0.25) is 4.34 Å². The Morgan fingerprint density at radius 2 is 1.97 bits per heavy atom. The first kappa shape index (κ1) is 22.3. The van der Waals surface area contributed by atoms with Crippen molar-refractivity contribution < 1.29 is 15.0 Å². The highest BCUT2D eigenvalue weighted by atomic mass is 32.2. The molecule has 0 radical (unpaired) electrons. The average molecular weight is 481 g/mol. The van der Waals surface area contributed by atoms with Crippen molar-refractivity contribution in [3.63, 3.8) is 0 Å². The molecule has 0 saturated heterocycles. The van der Waals surface area contributed by atoms with E-state index in [1.54, 1.807) is 17.8 Å². The van der Waals surface area contributed by atoms with Crippen molar-refractivity contribution in [2.45, 2.75) is 21.4 Å². The minimum Gasteiger partial charge on any atom is -0.872 e. The summed E-state index contributed by atoms with van der Waals surface area (Å²) in [6, 6.07) is 19.3. The van der Waals surface area contributed by atoms with Crippen LogP contribution in [0, 0.1) is 6.92 Å². The first-order valence-electron chi connectivity index (χ1n) is 9.79. The monoisotopic (exact) mass is 480 g/mol. The van der Waals surface area contributed by atoms with Crippen molar-refractivity contribution in [1.29, 1.82) is 0 Å². The van der Waals surface area contributed by atoms with Gasteiger partial charge in [-0.3, -0.25) is 4.79 Å². The SMILES string of the molecule is Cc1ccc(CSc2[nH+]nc(SCC(=O)NN=Cc3c([O-])ccc4ccccc34)s2)cc1. The second-order valence-corrected chi connectivity index (χ2v) is 10.4. The first-order chi connectivity index (χ1) is 15.6. The second kappa shape index (κ2) is 10.6. The van der Waals surface area contributed by atoms with E-state index < -0.39 is 0 Å². The summed E-state index contributed by atoms with van der Waals surface area (Å²) >= 11 is 4.54. The zero-order valence-corrected chi connectivity index (χ0v) is 19.7. The zero-order chi connectivity index (χ0) is 22.3. The van der Waals surface area contributed by atoms with Gasteiger partial charge in [-0.05, 0) is 51.9 Å². The summed E-state index contributed by atoms with van der Waals surface area (Å²) in [7, 11) is 0. The van der Waals surface area contributed by atoms with Crippen LogP contribution in [-0.2, 0) is 10.5 Å². The fourth-order valence-corrected chi connectivity index (χ4v) is 5.75. The Labute approximate surface area is 198 Å². The lowest BCUT2D eigenvalue weighted by Gasteiger charge is -2.12. The number of aromatic amines is 1. The highest BCUT2D eigenvalue weighted by Crippen LogP contribution is 2.28. The van der Waals surface area contributed by atoms with Crippen LogP contribution in [0.1, 0.15) is 16.7 Å². The maximum atomic E-state index is 12.2. The number of hydrogen-bond donors (Lipinski definition) is 1. The highest BCUT2D eigenvalue weighted by molar-refractivity contribution is 8.03. The lowest BCUT2D eigenvalue weighted by atomic mass is 10.0. The lowest BCUT2D eigenvalue weighted by Crippen LogP contribution is -2.19. The third-order valence-corrected chi connectivity index (χ3v) is 7.87. The van der Waals surface area contributed by atoms with E-state index in [0.717, 1.165) is 25.2 Å². The minimum atomic E-state index is -0.261. The molecule has 4 rings (SSSR count). The highest BCUT2D eigenvalue weighted by Gasteiger charge is 2.13. The van der Waals surface area contributed by atoms with E-state index in [1.807, 2.05) is 24.3 Å². The van der Waals surface area contributed by atoms with Gasteiger partial charge in [-0.2, -0.15) is 5.10 Å². The number of thioether (sulfide) groups is 2. The molecule has 0 aliphatic heterocycles. The van der Waals surface area contributed by atoms with Crippen LogP contribution in [0.4, 0.5) is 0 Å². The van der Waals surface area contributed by atoms with Gasteiger partial charge in [0, 0.05) is 10.9 Å². The summed E-state index contributed by atoms with van der Waals surface area (Å²) in [5, 5.41) is 25.2. The Morgan fingerprint density at radius 3 is 2.81 bits per heavy atom. The Hall–Kier alpha value is -2.88. The number of amides is 1. The number of H-pyrrole nitrogens is 1. The van der Waals surface area contributed by atoms with Crippen LogP contribution >= 0.6 is 34.9 Å². The molecule has 32 heavy (non-hydrogen) atoms. The van der Waals surface area contributed by atoms with Crippen LogP contribution in [0.5, 0.6) is 5.75 Å². The number of carbonyl (C=O) groups is 1. The van der Waals surface area contributed by atoms with Gasteiger partial charge in [-0.15, -0.1) is 0 Å². The molecule has 0 bridgehead atoms. The molecule has 0 saturated carbocycles. The molecule has 0 aliphatic rings. The normalized spacial score (nSPS) is 11.3. The molecule has 9 heteroatoms. The number of carbonyl (C=O) groups excluding carboxylic acids is 1. The molecule has 1 amide bonds. The number of nitrogens with one attached hydrogen (secondary N) is 2. The standard InChI is InChI=1S/C23H20N4O2S3/c1-15-6-8-16(9-7-15)13-30-22-26-27-23(32-22)31-14-21(29)25-24-12-19-18-5-3-2-4-17(18)10-11-20(19)28/h2-12,28H,13-14H2,1H3,(H,25,29). The van der Waals surface area contributed by atoms with Gasteiger partial charge in [0.15, 0.2) is 0 Å². The van der Waals surface area contributed by atoms with Gasteiger partial charge >= 0.3 is 4.34 Å². The first-order valence-corrected chi connectivity index (χ1v) is 12.6. The van der Waals surface area contributed by atoms with Crippen molar-refractivity contribution in [2.24, 2.45) is 5.10 Å². The average Bonchev–Trinajstić information content (AvgIpc) is 3.27. The molecule has 0 fully saturated rings. The summed E-state index contributed by atoms with van der Waals surface area (Å²) in [4.78, 5) is 12.1. The summed E-state index contributed by atoms with van der Waals surface area (Å²) < 4.78 is 1.77. The number of hydrazone groups is 1. The Balaban J connectivity index is 1.27. The molecule has 6 nitrogen and oxygen atoms in total. The van der Waals surface area contributed by atoms with Gasteiger partial charge < -0.3 is 5.11 Å². The number of nitrogens with zero attached hydrogens (tertiary/aromatic N) is 2. The van der Waals surface area contributed by atoms with Crippen LogP contribution in [0.25, 0.3) is 10.8 Å². The zero-order valence-electron chi connectivity index (χ0n) is 17.2. The van der Waals surface area contributed by atoms with E-state index in [9.17, 15) is 9.90 Å². The van der Waals surface area contributed by atoms with E-state index in [1.165, 1.54) is 46.5 Å². The van der Waals surface area contributed by atoms with E-state index in [4.69, 9.17) is 0 Å². The Bertz CT molecular complexity index is 1260. The maximum Gasteiger partial charge on any atom is 0.323 e. The molecule has 1 aromatic heterocycles. The summed E-state index contributed by atoms with van der Waals surface area (Å²) in [5.74, 6) is 0.641. The third kappa shape index (κ3) is 5.87. The molecular formula is C23H20N4O2S3. The second-order valence-electron chi connectivity index (χ2n) is 6.93. The maximum absolute atomic E-state index is 12.2. The molecule has 0 unspecified atom stereocenters. The van der Waals surface area contributed by atoms with E-state index >= 15 is 0 Å². The van der Waals surface area contributed by atoms with E-state index in [0.29, 0.717) is 5.56 Å². The smallest absolute Gasteiger partial charge is 0.323 e. The Morgan fingerprint density at radius 1 is 1.16 bits per heavy atom. The number of aromatic nitrogens is 2. The van der Waals surface area contributed by atoms with Crippen LogP contribution in [0.15, 0.2) is 74.4 Å². The van der Waals surface area contributed by atoms with Crippen LogP contribution in [0.3, 0.4) is 0 Å². The predicted octanol–water partition coefficient (Wildman–Crippen LogP) is 4.03. The van der Waals surface area contributed by atoms with Gasteiger partial charge in [-0.25, -0.2) is 5.43 Å². The van der Waals surface area contributed by atoms with Crippen molar-refractivity contribution in [2.75, 3.05) is 5.75 Å². The number of rotatable bonds is 8. The van der Waals surface area contributed by atoms with E-state index in [2.05, 4.69) is 51.9 Å². The number of benzene rings is 3. The number of hydrogen-bond acceptors (Lipinski definition) is 7. The summed E-state index contributed by atoms with van der Waals surface area (Å²) in [5.41, 5.74) is 5.44. The molecule has 162 valence electrons. The molecule has 4 aromatic rings. The predicted molar refractivity (Wildman–Crippen MR) is 129 cm³/mol. The minimum absolute atomic E-state index is 0.134. The van der Waals surface area contributed by atoms with Crippen molar-refractivity contribution in [3.05, 3.63) is 77.4 Å². The van der Waals surface area contributed by atoms with Gasteiger partial charge in [0.1, 0.15) is 0 Å². The molecule has 1 heterocycles. The quantitative estimate of drug-likeness (QED) is 0.234. The molecular weight excluding hydrogens is 460 g/mol. The fraction of sp³-hybridized carbons (Fsp3) is 0.130. The summed E-state index contributed by atoms with van der Waals surface area (Å²) in [6.07, 6.45) is 1.41. The summed E-state index contributed by atoms with van der Waals surface area (Å²) in [6.45, 7) is 2.07. The van der Waals surface area contributed by atoms with Crippen LogP contribution in [-0.4, -0.2) is 23.0 Å². The van der Waals surface area contributed by atoms with Crippen LogP contribution < -0.4 is 15.6 Å². The van der Waals surface area contributed by atoms with Gasteiger partial charge in [-0.1, -0.05) is 88.8 Å². The molecule has 2 N–H and O–H groups in total. The van der Waals surface area contributed by atoms with Crippen LogP contribution in [0.2, 0.25) is 0 Å². The Kier molecular flexibility index (Phi) is 7.41. The molecule has 0 atom stereocenters. The molecule has 3 aromatic carbocycles. The van der Waals surface area contributed by atoms with E-state index in [-0.39, 0.29) is 17.4 Å². The number of fused-ring (bicyclic) bond motifs is 1. The largest absolute Gasteiger partial charge is 0.872 e. The van der Waals surface area contributed by atoms with Crippen molar-refractivity contribution in [3.8, 4) is 5.75 Å². The molecule has 0 aliphatic carbocycles. The topological polar surface area (TPSA) is 91.6 Å². The molecule has 0 spiro atoms. The lowest BCUT2D eigenvalue weighted by molar-refractivity contribution is -0.492. The fourth-order valence-electron chi connectivity index (χ4n) is 2.91. The van der Waals surface area contributed by atoms with Gasteiger partial charge in [0.25, 0.3) is 5.91 Å². The van der Waals surface area contributed by atoms with Gasteiger partial charge in [0.05, 0.1) is 12.0 Å². The van der Waals surface area contributed by atoms with Crippen molar-refractivity contribution in [1.82, 2.24) is 10.5 Å².